The second kappa shape index (κ2) is 4.77. The zero-order valence-electron chi connectivity index (χ0n) is 10.4. The Morgan fingerprint density at radius 3 is 3.00 bits per heavy atom. The van der Waals surface area contributed by atoms with Crippen LogP contribution < -0.4 is 5.32 Å². The van der Waals surface area contributed by atoms with E-state index in [2.05, 4.69) is 15.3 Å². The van der Waals surface area contributed by atoms with E-state index in [0.29, 0.717) is 6.54 Å². The first kappa shape index (κ1) is 12.3. The Kier molecular flexibility index (Phi) is 3.10. The third kappa shape index (κ3) is 2.40. The number of aromatic nitrogens is 2. The molecule has 0 aliphatic heterocycles. The third-order valence-corrected chi connectivity index (χ3v) is 4.65. The Morgan fingerprint density at radius 1 is 1.47 bits per heavy atom. The second-order valence-electron chi connectivity index (χ2n) is 5.14. The fourth-order valence-corrected chi connectivity index (χ4v) is 3.35. The van der Waals surface area contributed by atoms with Gasteiger partial charge in [0, 0.05) is 6.54 Å². The van der Waals surface area contributed by atoms with E-state index >= 15 is 0 Å². The van der Waals surface area contributed by atoms with Crippen molar-refractivity contribution in [1.82, 2.24) is 9.97 Å². The fraction of sp³-hybridized carbons (Fsp3) is 0.462. The molecule has 100 valence electrons. The van der Waals surface area contributed by atoms with Crippen LogP contribution in [0.15, 0.2) is 17.8 Å². The Morgan fingerprint density at radius 2 is 2.32 bits per heavy atom. The molecule has 3 rings (SSSR count). The molecular weight excluding hydrogens is 262 g/mol. The maximum absolute atomic E-state index is 10.9. The Balaban J connectivity index is 1.75. The number of thiophene rings is 1. The Hall–Kier alpha value is -1.69. The number of carboxylic acids is 1. The zero-order valence-corrected chi connectivity index (χ0v) is 11.2. The van der Waals surface area contributed by atoms with Gasteiger partial charge in [0.1, 0.15) is 17.0 Å². The van der Waals surface area contributed by atoms with Crippen molar-refractivity contribution in [1.29, 1.82) is 0 Å². The van der Waals surface area contributed by atoms with Crippen LogP contribution >= 0.6 is 11.3 Å². The van der Waals surface area contributed by atoms with Gasteiger partial charge in [-0.25, -0.2) is 9.97 Å². The van der Waals surface area contributed by atoms with Crippen LogP contribution in [-0.4, -0.2) is 27.6 Å². The molecule has 0 atom stereocenters. The highest BCUT2D eigenvalue weighted by molar-refractivity contribution is 7.16. The van der Waals surface area contributed by atoms with Gasteiger partial charge in [0.25, 0.3) is 0 Å². The van der Waals surface area contributed by atoms with E-state index in [-0.39, 0.29) is 11.8 Å². The summed E-state index contributed by atoms with van der Waals surface area (Å²) in [5, 5.41) is 15.3. The summed E-state index contributed by atoms with van der Waals surface area (Å²) in [5.41, 5.74) is -0.0981. The standard InChI is InChI=1S/C13H15N3O2S/c17-10(18)6-13(3-1-4-13)7-14-11-9-2-5-19-12(9)16-8-15-11/h2,5,8H,1,3-4,6-7H2,(H,17,18)(H,14,15,16). The van der Waals surface area contributed by atoms with E-state index in [0.717, 1.165) is 35.3 Å². The molecule has 5 nitrogen and oxygen atoms in total. The molecule has 0 unspecified atom stereocenters. The average Bonchev–Trinajstić information content (AvgIpc) is 2.80. The molecule has 1 aliphatic rings. The smallest absolute Gasteiger partial charge is 0.303 e. The number of hydrogen-bond acceptors (Lipinski definition) is 5. The fourth-order valence-electron chi connectivity index (χ4n) is 2.62. The van der Waals surface area contributed by atoms with Gasteiger partial charge in [-0.3, -0.25) is 4.79 Å². The molecule has 2 aromatic rings. The number of nitrogens with zero attached hydrogens (tertiary/aromatic N) is 2. The van der Waals surface area contributed by atoms with Gasteiger partial charge in [0.05, 0.1) is 11.8 Å². The molecule has 0 amide bonds. The molecule has 19 heavy (non-hydrogen) atoms. The number of aliphatic carboxylic acids is 1. The van der Waals surface area contributed by atoms with Crippen LogP contribution in [-0.2, 0) is 4.79 Å². The summed E-state index contributed by atoms with van der Waals surface area (Å²) in [6, 6.07) is 1.99. The molecule has 0 aromatic carbocycles. The van der Waals surface area contributed by atoms with Crippen molar-refractivity contribution < 1.29 is 9.90 Å². The number of carbonyl (C=O) groups is 1. The highest BCUT2D eigenvalue weighted by Crippen LogP contribution is 2.44. The van der Waals surface area contributed by atoms with Crippen molar-refractivity contribution in [3.8, 4) is 0 Å². The molecule has 2 heterocycles. The third-order valence-electron chi connectivity index (χ3n) is 3.83. The molecule has 0 spiro atoms. The van der Waals surface area contributed by atoms with Crippen LogP contribution in [0.3, 0.4) is 0 Å². The van der Waals surface area contributed by atoms with Gasteiger partial charge >= 0.3 is 5.97 Å². The maximum Gasteiger partial charge on any atom is 0.303 e. The first-order valence-corrected chi connectivity index (χ1v) is 7.20. The lowest BCUT2D eigenvalue weighted by atomic mass is 9.66. The lowest BCUT2D eigenvalue weighted by Crippen LogP contribution is -2.38. The van der Waals surface area contributed by atoms with Crippen molar-refractivity contribution in [3.05, 3.63) is 17.8 Å². The lowest BCUT2D eigenvalue weighted by molar-refractivity contribution is -0.141. The van der Waals surface area contributed by atoms with Crippen LogP contribution in [0.25, 0.3) is 10.2 Å². The molecule has 0 saturated heterocycles. The largest absolute Gasteiger partial charge is 0.481 e. The molecule has 1 fully saturated rings. The predicted molar refractivity (Wildman–Crippen MR) is 74.4 cm³/mol. The summed E-state index contributed by atoms with van der Waals surface area (Å²) < 4.78 is 0. The van der Waals surface area contributed by atoms with Crippen LogP contribution in [0.4, 0.5) is 5.82 Å². The minimum atomic E-state index is -0.718. The minimum Gasteiger partial charge on any atom is -0.481 e. The molecule has 2 aromatic heterocycles. The molecule has 6 heteroatoms. The van der Waals surface area contributed by atoms with Crippen molar-refractivity contribution >= 4 is 33.3 Å². The summed E-state index contributed by atoms with van der Waals surface area (Å²) in [7, 11) is 0. The molecule has 0 radical (unpaired) electrons. The number of nitrogens with one attached hydrogen (secondary N) is 1. The summed E-state index contributed by atoms with van der Waals surface area (Å²) in [5.74, 6) is 0.0905. The molecular formula is C13H15N3O2S. The van der Waals surface area contributed by atoms with E-state index in [4.69, 9.17) is 5.11 Å². The maximum atomic E-state index is 10.9. The normalized spacial score (nSPS) is 17.1. The SMILES string of the molecule is O=C(O)CC1(CNc2ncnc3sccc23)CCC1. The van der Waals surface area contributed by atoms with E-state index < -0.39 is 5.97 Å². The highest BCUT2D eigenvalue weighted by Gasteiger charge is 2.38. The van der Waals surface area contributed by atoms with Gasteiger partial charge < -0.3 is 10.4 Å². The topological polar surface area (TPSA) is 75.1 Å². The van der Waals surface area contributed by atoms with E-state index in [1.807, 2.05) is 11.4 Å². The van der Waals surface area contributed by atoms with Gasteiger partial charge in [-0.15, -0.1) is 11.3 Å². The Labute approximate surface area is 114 Å². The van der Waals surface area contributed by atoms with Gasteiger partial charge in [0.2, 0.25) is 0 Å². The van der Waals surface area contributed by atoms with Crippen molar-refractivity contribution in [2.45, 2.75) is 25.7 Å². The van der Waals surface area contributed by atoms with Gasteiger partial charge in [-0.2, -0.15) is 0 Å². The Bertz CT molecular complexity index is 607. The summed E-state index contributed by atoms with van der Waals surface area (Å²) in [6.07, 6.45) is 4.85. The molecule has 1 saturated carbocycles. The summed E-state index contributed by atoms with van der Waals surface area (Å²) in [6.45, 7) is 0.668. The number of fused-ring (bicyclic) bond motifs is 1. The quantitative estimate of drug-likeness (QED) is 0.879. The number of hydrogen-bond donors (Lipinski definition) is 2. The van der Waals surface area contributed by atoms with E-state index in [1.54, 1.807) is 17.7 Å². The van der Waals surface area contributed by atoms with Gasteiger partial charge in [0.15, 0.2) is 0 Å². The molecule has 0 bridgehead atoms. The highest BCUT2D eigenvalue weighted by atomic mass is 32.1. The summed E-state index contributed by atoms with van der Waals surface area (Å²) >= 11 is 1.58. The van der Waals surface area contributed by atoms with E-state index in [1.165, 1.54) is 0 Å². The van der Waals surface area contributed by atoms with Crippen LogP contribution in [0, 0.1) is 5.41 Å². The zero-order chi connectivity index (χ0) is 13.3. The van der Waals surface area contributed by atoms with Crippen molar-refractivity contribution in [2.24, 2.45) is 5.41 Å². The first-order chi connectivity index (χ1) is 9.19. The summed E-state index contributed by atoms with van der Waals surface area (Å²) in [4.78, 5) is 20.4. The van der Waals surface area contributed by atoms with Crippen molar-refractivity contribution in [3.63, 3.8) is 0 Å². The van der Waals surface area contributed by atoms with Gasteiger partial charge in [-0.05, 0) is 29.7 Å². The lowest BCUT2D eigenvalue weighted by Gasteiger charge is -2.41. The van der Waals surface area contributed by atoms with E-state index in [9.17, 15) is 4.79 Å². The monoisotopic (exact) mass is 277 g/mol. The van der Waals surface area contributed by atoms with Crippen LogP contribution in [0.1, 0.15) is 25.7 Å². The van der Waals surface area contributed by atoms with Crippen LogP contribution in [0.5, 0.6) is 0 Å². The van der Waals surface area contributed by atoms with Gasteiger partial charge in [-0.1, -0.05) is 6.42 Å². The van der Waals surface area contributed by atoms with Crippen LogP contribution in [0.2, 0.25) is 0 Å². The number of carboxylic acid groups (broad SMARTS) is 1. The second-order valence-corrected chi connectivity index (χ2v) is 6.03. The average molecular weight is 277 g/mol. The first-order valence-electron chi connectivity index (χ1n) is 6.32. The molecule has 2 N–H and O–H groups in total. The molecule has 1 aliphatic carbocycles. The predicted octanol–water partition coefficient (Wildman–Crippen LogP) is 2.75. The van der Waals surface area contributed by atoms with Crippen molar-refractivity contribution in [2.75, 3.05) is 11.9 Å². The minimum absolute atomic E-state index is 0.0981. The number of anilines is 1. The number of rotatable bonds is 5.